The maximum Gasteiger partial charge on any atom is 0.0488 e. The minimum atomic E-state index is 0.497. The van der Waals surface area contributed by atoms with Crippen molar-refractivity contribution in [2.75, 3.05) is 5.33 Å². The second-order valence-corrected chi connectivity index (χ2v) is 3.72. The van der Waals surface area contributed by atoms with Crippen LogP contribution in [0.4, 0.5) is 0 Å². The minimum absolute atomic E-state index is 0.497. The summed E-state index contributed by atoms with van der Waals surface area (Å²) >= 11 is 6.94. The minimum Gasteiger partial charge on any atom is -0.0912 e. The highest BCUT2D eigenvalue weighted by Gasteiger charge is 2.07. The summed E-state index contributed by atoms with van der Waals surface area (Å²) in [6.07, 6.45) is 7.68. The topological polar surface area (TPSA) is 0 Å². The van der Waals surface area contributed by atoms with Crippen LogP contribution >= 0.6 is 31.9 Å². The molecule has 0 nitrogen and oxygen atoms in total. The zero-order valence-corrected chi connectivity index (χ0v) is 8.15. The fourth-order valence-electron chi connectivity index (χ4n) is 0.798. The van der Waals surface area contributed by atoms with Gasteiger partial charge in [-0.1, -0.05) is 50.1 Å². The summed E-state index contributed by atoms with van der Waals surface area (Å²) in [5.41, 5.74) is 1.40. The molecular weight excluding hydrogens is 244 g/mol. The van der Waals surface area contributed by atoms with Gasteiger partial charge in [-0.05, 0) is 12.0 Å². The van der Waals surface area contributed by atoms with Gasteiger partial charge < -0.3 is 0 Å². The fourth-order valence-corrected chi connectivity index (χ4v) is 1.51. The van der Waals surface area contributed by atoms with Gasteiger partial charge in [0.15, 0.2) is 0 Å². The molecule has 0 bridgehead atoms. The highest BCUT2D eigenvalue weighted by molar-refractivity contribution is 9.12. The maximum atomic E-state index is 3.54. The van der Waals surface area contributed by atoms with Crippen LogP contribution < -0.4 is 0 Å². The molecule has 0 N–H and O–H groups in total. The lowest BCUT2D eigenvalue weighted by molar-refractivity contribution is 1.23. The Bertz CT molecular complexity index is 147. The zero-order valence-electron chi connectivity index (χ0n) is 4.98. The fraction of sp³-hybridized carbons (Fsp3) is 0.429. The van der Waals surface area contributed by atoms with Crippen LogP contribution in [0.5, 0.6) is 0 Å². The van der Waals surface area contributed by atoms with Gasteiger partial charge in [-0.3, -0.25) is 0 Å². The van der Waals surface area contributed by atoms with Crippen LogP contribution in [0, 0.1) is 0 Å². The third-order valence-electron chi connectivity index (χ3n) is 1.30. The molecule has 1 unspecified atom stereocenters. The highest BCUT2D eigenvalue weighted by Crippen LogP contribution is 2.20. The van der Waals surface area contributed by atoms with Crippen molar-refractivity contribution >= 4 is 31.9 Å². The molecule has 0 aromatic carbocycles. The molecule has 0 amide bonds. The zero-order chi connectivity index (χ0) is 6.69. The van der Waals surface area contributed by atoms with Crippen LogP contribution in [0.3, 0.4) is 0 Å². The molecular formula is C7H8Br2. The van der Waals surface area contributed by atoms with Crippen molar-refractivity contribution in [3.8, 4) is 0 Å². The van der Waals surface area contributed by atoms with Crippen LogP contribution in [0.1, 0.15) is 6.42 Å². The van der Waals surface area contributed by atoms with E-state index in [1.54, 1.807) is 0 Å². The van der Waals surface area contributed by atoms with Crippen molar-refractivity contribution in [1.82, 2.24) is 0 Å². The van der Waals surface area contributed by atoms with Gasteiger partial charge in [0.2, 0.25) is 0 Å². The van der Waals surface area contributed by atoms with Gasteiger partial charge in [0.1, 0.15) is 0 Å². The van der Waals surface area contributed by atoms with E-state index in [2.05, 4.69) is 50.1 Å². The van der Waals surface area contributed by atoms with Crippen molar-refractivity contribution in [3.63, 3.8) is 0 Å². The van der Waals surface area contributed by atoms with E-state index in [0.717, 1.165) is 11.8 Å². The number of allylic oxidation sites excluding steroid dienone is 4. The monoisotopic (exact) mass is 250 g/mol. The van der Waals surface area contributed by atoms with Gasteiger partial charge in [-0.25, -0.2) is 0 Å². The number of rotatable bonds is 2. The van der Waals surface area contributed by atoms with Crippen molar-refractivity contribution in [2.24, 2.45) is 0 Å². The molecule has 0 aromatic heterocycles. The normalized spacial score (nSPS) is 20.0. The van der Waals surface area contributed by atoms with E-state index >= 15 is 0 Å². The summed E-state index contributed by atoms with van der Waals surface area (Å²) < 4.78 is 0. The molecule has 0 spiro atoms. The van der Waals surface area contributed by atoms with Crippen molar-refractivity contribution in [1.29, 1.82) is 0 Å². The average molecular weight is 252 g/mol. The Morgan fingerprint density at radius 3 is 2.89 bits per heavy atom. The first kappa shape index (κ1) is 7.55. The largest absolute Gasteiger partial charge is 0.0912 e. The molecule has 0 aromatic rings. The smallest absolute Gasteiger partial charge is 0.0488 e. The van der Waals surface area contributed by atoms with Crippen LogP contribution in [0.2, 0.25) is 0 Å². The standard InChI is InChI=1S/C7H8Br2/c8-5-7(9)6-3-1-2-4-6/h1,3-4,7H,2,5H2. The van der Waals surface area contributed by atoms with E-state index in [4.69, 9.17) is 0 Å². The maximum absolute atomic E-state index is 3.54. The molecule has 0 fully saturated rings. The third kappa shape index (κ3) is 1.94. The lowest BCUT2D eigenvalue weighted by Gasteiger charge is -2.02. The van der Waals surface area contributed by atoms with Gasteiger partial charge in [-0.2, -0.15) is 0 Å². The lowest BCUT2D eigenvalue weighted by Crippen LogP contribution is -1.99. The van der Waals surface area contributed by atoms with E-state index < -0.39 is 0 Å². The molecule has 9 heavy (non-hydrogen) atoms. The van der Waals surface area contributed by atoms with E-state index in [0.29, 0.717) is 4.83 Å². The summed E-state index contributed by atoms with van der Waals surface area (Å²) in [5, 5.41) is 0.989. The molecule has 50 valence electrons. The molecule has 1 aliphatic rings. The Balaban J connectivity index is 2.51. The average Bonchev–Trinajstić information content (AvgIpc) is 2.37. The first-order chi connectivity index (χ1) is 4.34. The predicted molar refractivity (Wildman–Crippen MR) is 48.3 cm³/mol. The Morgan fingerprint density at radius 2 is 2.44 bits per heavy atom. The third-order valence-corrected chi connectivity index (χ3v) is 3.67. The summed E-state index contributed by atoms with van der Waals surface area (Å²) in [5.74, 6) is 0. The predicted octanol–water partition coefficient (Wildman–Crippen LogP) is 3.03. The molecule has 0 saturated heterocycles. The number of halogens is 2. The lowest BCUT2D eigenvalue weighted by atomic mass is 10.2. The molecule has 0 aliphatic heterocycles. The van der Waals surface area contributed by atoms with Gasteiger partial charge >= 0.3 is 0 Å². The molecule has 2 heteroatoms. The first-order valence-corrected chi connectivity index (χ1v) is 4.95. The summed E-state index contributed by atoms with van der Waals surface area (Å²) in [4.78, 5) is 0.497. The Labute approximate surface area is 72.3 Å². The van der Waals surface area contributed by atoms with E-state index in [-0.39, 0.29) is 0 Å². The molecule has 0 heterocycles. The second-order valence-electron chi connectivity index (χ2n) is 1.96. The second kappa shape index (κ2) is 3.57. The van der Waals surface area contributed by atoms with Crippen molar-refractivity contribution < 1.29 is 0 Å². The molecule has 1 aliphatic carbocycles. The van der Waals surface area contributed by atoms with Crippen LogP contribution in [-0.4, -0.2) is 10.2 Å². The Hall–Kier alpha value is 0.440. The van der Waals surface area contributed by atoms with Crippen LogP contribution in [0.15, 0.2) is 23.8 Å². The highest BCUT2D eigenvalue weighted by atomic mass is 79.9. The van der Waals surface area contributed by atoms with Crippen LogP contribution in [0.25, 0.3) is 0 Å². The Kier molecular flexibility index (Phi) is 2.99. The SMILES string of the molecule is BrCC(Br)C1=CCC=C1. The van der Waals surface area contributed by atoms with Gasteiger partial charge in [0.25, 0.3) is 0 Å². The van der Waals surface area contributed by atoms with E-state index in [1.807, 2.05) is 0 Å². The first-order valence-electron chi connectivity index (χ1n) is 2.91. The number of hydrogen-bond donors (Lipinski definition) is 0. The van der Waals surface area contributed by atoms with E-state index in [9.17, 15) is 0 Å². The number of hydrogen-bond acceptors (Lipinski definition) is 0. The molecule has 1 rings (SSSR count). The van der Waals surface area contributed by atoms with Gasteiger partial charge in [0.05, 0.1) is 0 Å². The van der Waals surface area contributed by atoms with Crippen LogP contribution in [-0.2, 0) is 0 Å². The number of alkyl halides is 2. The molecule has 0 radical (unpaired) electrons. The summed E-state index contributed by atoms with van der Waals surface area (Å²) in [6.45, 7) is 0. The van der Waals surface area contributed by atoms with Crippen molar-refractivity contribution in [3.05, 3.63) is 23.8 Å². The molecule has 0 saturated carbocycles. The summed E-state index contributed by atoms with van der Waals surface area (Å²) in [7, 11) is 0. The van der Waals surface area contributed by atoms with Gasteiger partial charge in [0, 0.05) is 10.2 Å². The Morgan fingerprint density at radius 1 is 1.67 bits per heavy atom. The van der Waals surface area contributed by atoms with Gasteiger partial charge in [-0.15, -0.1) is 0 Å². The van der Waals surface area contributed by atoms with E-state index in [1.165, 1.54) is 5.57 Å². The molecule has 1 atom stereocenters. The van der Waals surface area contributed by atoms with Crippen molar-refractivity contribution in [2.45, 2.75) is 11.2 Å². The quantitative estimate of drug-likeness (QED) is 0.662. The summed E-state index contributed by atoms with van der Waals surface area (Å²) in [6, 6.07) is 0.